The Kier molecular flexibility index (Phi) is 3.65. The summed E-state index contributed by atoms with van der Waals surface area (Å²) in [6.07, 6.45) is 5.85. The van der Waals surface area contributed by atoms with Gasteiger partial charge in [-0.25, -0.2) is 4.98 Å². The van der Waals surface area contributed by atoms with Crippen molar-refractivity contribution in [2.75, 3.05) is 24.5 Å². The molecule has 2 saturated heterocycles. The van der Waals surface area contributed by atoms with E-state index in [1.807, 2.05) is 54.7 Å². The first-order valence-electron chi connectivity index (χ1n) is 8.32. The third-order valence-electron chi connectivity index (χ3n) is 5.13. The van der Waals surface area contributed by atoms with E-state index in [1.165, 1.54) is 0 Å². The second-order valence-electron chi connectivity index (χ2n) is 6.51. The lowest BCUT2D eigenvalue weighted by molar-refractivity contribution is -0.121. The van der Waals surface area contributed by atoms with Crippen molar-refractivity contribution in [1.82, 2.24) is 14.5 Å². The van der Waals surface area contributed by atoms with Crippen molar-refractivity contribution in [1.29, 1.82) is 0 Å². The number of hydrogen-bond donors (Lipinski definition) is 0. The number of amides is 1. The average Bonchev–Trinajstić information content (AvgIpc) is 3.27. The van der Waals surface area contributed by atoms with Crippen LogP contribution in [0.1, 0.15) is 24.6 Å². The summed E-state index contributed by atoms with van der Waals surface area (Å²) in [5.41, 5.74) is 1.01. The molecule has 1 aromatic carbocycles. The number of aryl methyl sites for hydroxylation is 1. The molecule has 0 radical (unpaired) electrons. The van der Waals surface area contributed by atoms with Gasteiger partial charge >= 0.3 is 0 Å². The summed E-state index contributed by atoms with van der Waals surface area (Å²) in [6, 6.07) is 10.0. The fourth-order valence-corrected chi connectivity index (χ4v) is 3.92. The van der Waals surface area contributed by atoms with E-state index < -0.39 is 0 Å². The maximum Gasteiger partial charge on any atom is 0.244 e. The van der Waals surface area contributed by atoms with E-state index >= 15 is 0 Å². The van der Waals surface area contributed by atoms with E-state index in [9.17, 15) is 4.79 Å². The zero-order valence-corrected chi connectivity index (χ0v) is 13.4. The molecular weight excluding hydrogens is 288 g/mol. The van der Waals surface area contributed by atoms with Crippen LogP contribution in [-0.4, -0.2) is 46.0 Å². The lowest BCUT2D eigenvalue weighted by Gasteiger charge is -2.23. The third-order valence-corrected chi connectivity index (χ3v) is 5.13. The molecule has 1 amide bonds. The van der Waals surface area contributed by atoms with Gasteiger partial charge in [-0.05, 0) is 31.5 Å². The van der Waals surface area contributed by atoms with Gasteiger partial charge < -0.3 is 9.47 Å². The minimum atomic E-state index is 0.0282. The Labute approximate surface area is 136 Å². The van der Waals surface area contributed by atoms with Crippen molar-refractivity contribution in [2.24, 2.45) is 7.05 Å². The summed E-state index contributed by atoms with van der Waals surface area (Å²) < 4.78 is 2.10. The zero-order valence-electron chi connectivity index (χ0n) is 13.4. The molecule has 5 nitrogen and oxygen atoms in total. The highest BCUT2D eigenvalue weighted by Gasteiger charge is 2.40. The predicted octanol–water partition coefficient (Wildman–Crippen LogP) is 2.01. The first-order valence-corrected chi connectivity index (χ1v) is 8.32. The van der Waals surface area contributed by atoms with Crippen LogP contribution < -0.4 is 4.90 Å². The lowest BCUT2D eigenvalue weighted by Crippen LogP contribution is -2.40. The lowest BCUT2D eigenvalue weighted by atomic mass is 10.1. The molecule has 2 fully saturated rings. The van der Waals surface area contributed by atoms with Crippen LogP contribution in [0.4, 0.5) is 5.69 Å². The molecule has 0 spiro atoms. The highest BCUT2D eigenvalue weighted by atomic mass is 16.2. The van der Waals surface area contributed by atoms with Crippen molar-refractivity contribution in [3.8, 4) is 0 Å². The molecular formula is C18H22N4O. The van der Waals surface area contributed by atoms with Crippen molar-refractivity contribution < 1.29 is 4.79 Å². The largest absolute Gasteiger partial charge is 0.338 e. The van der Waals surface area contributed by atoms with Crippen LogP contribution >= 0.6 is 0 Å². The number of rotatable bonds is 3. The van der Waals surface area contributed by atoms with E-state index in [0.717, 1.165) is 44.0 Å². The number of benzene rings is 1. The number of imidazole rings is 1. The van der Waals surface area contributed by atoms with Gasteiger partial charge in [0, 0.05) is 44.1 Å². The molecule has 0 N–H and O–H groups in total. The van der Waals surface area contributed by atoms with Gasteiger partial charge in [-0.2, -0.15) is 0 Å². The summed E-state index contributed by atoms with van der Waals surface area (Å²) in [6.45, 7) is 2.73. The van der Waals surface area contributed by atoms with Crippen LogP contribution in [0.25, 0.3) is 0 Å². The van der Waals surface area contributed by atoms with Gasteiger partial charge in [-0.1, -0.05) is 18.2 Å². The standard InChI is InChI=1S/C18H22N4O/c1-20-12-9-19-17(20)14-7-10-21(13-14)16-8-11-22(18(16)23)15-5-3-2-4-6-15/h2-6,9,12,14,16H,7-8,10-11,13H2,1H3/t14-,16-/m1/s1. The second-order valence-corrected chi connectivity index (χ2v) is 6.51. The number of likely N-dealkylation sites (tertiary alicyclic amines) is 1. The van der Waals surface area contributed by atoms with Crippen LogP contribution in [0.15, 0.2) is 42.7 Å². The minimum Gasteiger partial charge on any atom is -0.338 e. The van der Waals surface area contributed by atoms with Gasteiger partial charge in [0.1, 0.15) is 5.82 Å². The highest BCUT2D eigenvalue weighted by Crippen LogP contribution is 2.31. The van der Waals surface area contributed by atoms with Crippen molar-refractivity contribution in [3.05, 3.63) is 48.5 Å². The quantitative estimate of drug-likeness (QED) is 0.871. The van der Waals surface area contributed by atoms with E-state index in [1.54, 1.807) is 0 Å². The van der Waals surface area contributed by atoms with Crippen LogP contribution in [-0.2, 0) is 11.8 Å². The fourth-order valence-electron chi connectivity index (χ4n) is 3.92. The van der Waals surface area contributed by atoms with Gasteiger partial charge in [-0.15, -0.1) is 0 Å². The molecule has 0 unspecified atom stereocenters. The Bertz CT molecular complexity index is 696. The smallest absolute Gasteiger partial charge is 0.244 e. The summed E-state index contributed by atoms with van der Waals surface area (Å²) >= 11 is 0. The number of carbonyl (C=O) groups excluding carboxylic acids is 1. The Hall–Kier alpha value is -2.14. The van der Waals surface area contributed by atoms with Crippen molar-refractivity contribution in [3.63, 3.8) is 0 Å². The van der Waals surface area contributed by atoms with Crippen molar-refractivity contribution in [2.45, 2.75) is 24.8 Å². The Morgan fingerprint density at radius 1 is 1.13 bits per heavy atom. The highest BCUT2D eigenvalue weighted by molar-refractivity contribution is 5.99. The maximum atomic E-state index is 12.8. The van der Waals surface area contributed by atoms with Gasteiger partial charge in [0.15, 0.2) is 0 Å². The summed E-state index contributed by atoms with van der Waals surface area (Å²) in [4.78, 5) is 21.6. The maximum absolute atomic E-state index is 12.8. The number of carbonyl (C=O) groups is 1. The normalized spacial score (nSPS) is 25.4. The molecule has 3 heterocycles. The zero-order chi connectivity index (χ0) is 15.8. The van der Waals surface area contributed by atoms with E-state index in [-0.39, 0.29) is 11.9 Å². The number of anilines is 1. The molecule has 2 aliphatic rings. The molecule has 2 aliphatic heterocycles. The molecule has 2 atom stereocenters. The number of nitrogens with zero attached hydrogens (tertiary/aromatic N) is 4. The van der Waals surface area contributed by atoms with Crippen LogP contribution in [0.2, 0.25) is 0 Å². The molecule has 0 bridgehead atoms. The molecule has 1 aromatic heterocycles. The van der Waals surface area contributed by atoms with Gasteiger partial charge in [0.25, 0.3) is 0 Å². The molecule has 0 aliphatic carbocycles. The summed E-state index contributed by atoms with van der Waals surface area (Å²) in [7, 11) is 2.04. The monoisotopic (exact) mass is 310 g/mol. The average molecular weight is 310 g/mol. The summed E-state index contributed by atoms with van der Waals surface area (Å²) in [5, 5.41) is 0. The van der Waals surface area contributed by atoms with Gasteiger partial charge in [0.05, 0.1) is 6.04 Å². The first-order chi connectivity index (χ1) is 11.2. The molecule has 2 aromatic rings. The first kappa shape index (κ1) is 14.5. The topological polar surface area (TPSA) is 41.4 Å². The Balaban J connectivity index is 1.46. The number of aromatic nitrogens is 2. The third kappa shape index (κ3) is 2.55. The van der Waals surface area contributed by atoms with Gasteiger partial charge in [0.2, 0.25) is 5.91 Å². The minimum absolute atomic E-state index is 0.0282. The van der Waals surface area contributed by atoms with E-state index in [0.29, 0.717) is 5.92 Å². The molecule has 120 valence electrons. The second kappa shape index (κ2) is 5.81. The number of hydrogen-bond acceptors (Lipinski definition) is 3. The Morgan fingerprint density at radius 2 is 1.96 bits per heavy atom. The van der Waals surface area contributed by atoms with Crippen LogP contribution in [0, 0.1) is 0 Å². The fraction of sp³-hybridized carbons (Fsp3) is 0.444. The Morgan fingerprint density at radius 3 is 2.70 bits per heavy atom. The van der Waals surface area contributed by atoms with Crippen LogP contribution in [0.5, 0.6) is 0 Å². The van der Waals surface area contributed by atoms with E-state index in [4.69, 9.17) is 0 Å². The van der Waals surface area contributed by atoms with Crippen LogP contribution in [0.3, 0.4) is 0 Å². The predicted molar refractivity (Wildman–Crippen MR) is 89.3 cm³/mol. The SMILES string of the molecule is Cn1ccnc1[C@@H]1CCN([C@@H]2CCN(c3ccccc3)C2=O)C1. The van der Waals surface area contributed by atoms with Crippen molar-refractivity contribution >= 4 is 11.6 Å². The summed E-state index contributed by atoms with van der Waals surface area (Å²) in [5.74, 6) is 1.82. The molecule has 23 heavy (non-hydrogen) atoms. The number of para-hydroxylation sites is 1. The van der Waals surface area contributed by atoms with E-state index in [2.05, 4.69) is 14.5 Å². The van der Waals surface area contributed by atoms with Gasteiger partial charge in [-0.3, -0.25) is 9.69 Å². The molecule has 5 heteroatoms. The molecule has 4 rings (SSSR count). The molecule has 0 saturated carbocycles.